The second kappa shape index (κ2) is 6.67. The van der Waals surface area contributed by atoms with E-state index in [9.17, 15) is 14.4 Å². The molecule has 2 amide bonds. The Morgan fingerprint density at radius 3 is 1.95 bits per heavy atom. The maximum absolute atomic E-state index is 12.4. The maximum atomic E-state index is 12.4. The molecular weight excluding hydrogens is 282 g/mol. The summed E-state index contributed by atoms with van der Waals surface area (Å²) in [6, 6.07) is 12.7. The minimum atomic E-state index is -0.463. The molecule has 0 saturated heterocycles. The van der Waals surface area contributed by atoms with Crippen molar-refractivity contribution in [2.45, 2.75) is 6.92 Å². The lowest BCUT2D eigenvalue weighted by molar-refractivity contribution is -0.106. The maximum Gasteiger partial charge on any atom is 0.264 e. The molecule has 0 aliphatic heterocycles. The van der Waals surface area contributed by atoms with Crippen LogP contribution in [0.15, 0.2) is 48.5 Å². The number of ether oxygens (including phenoxy) is 1. The number of amides is 2. The van der Waals surface area contributed by atoms with Crippen LogP contribution >= 0.6 is 0 Å². The third-order valence-corrected chi connectivity index (χ3v) is 3.21. The number of rotatable bonds is 5. The molecule has 0 N–H and O–H groups in total. The van der Waals surface area contributed by atoms with E-state index >= 15 is 0 Å². The van der Waals surface area contributed by atoms with Crippen LogP contribution in [0.25, 0.3) is 0 Å². The number of anilines is 1. The van der Waals surface area contributed by atoms with Gasteiger partial charge in [0.25, 0.3) is 5.91 Å². The molecule has 2 rings (SSSR count). The largest absolute Gasteiger partial charge is 0.497 e. The van der Waals surface area contributed by atoms with Crippen molar-refractivity contribution in [1.29, 1.82) is 0 Å². The first kappa shape index (κ1) is 15.4. The third kappa shape index (κ3) is 3.20. The minimum absolute atomic E-state index is 0.0820. The molecular formula is C17H15NO4. The van der Waals surface area contributed by atoms with Crippen LogP contribution in [0.3, 0.4) is 0 Å². The molecule has 0 aliphatic rings. The quantitative estimate of drug-likeness (QED) is 0.629. The number of ketones is 1. The lowest BCUT2D eigenvalue weighted by Crippen LogP contribution is -2.29. The van der Waals surface area contributed by atoms with Crippen molar-refractivity contribution in [3.05, 3.63) is 59.7 Å². The number of methoxy groups -OCH3 is 1. The number of hydrogen-bond acceptors (Lipinski definition) is 4. The lowest BCUT2D eigenvalue weighted by atomic mass is 10.1. The molecule has 112 valence electrons. The van der Waals surface area contributed by atoms with Crippen LogP contribution in [-0.4, -0.2) is 25.2 Å². The van der Waals surface area contributed by atoms with Crippen LogP contribution in [-0.2, 0) is 4.79 Å². The van der Waals surface area contributed by atoms with E-state index in [1.807, 2.05) is 0 Å². The molecule has 0 aromatic heterocycles. The molecule has 0 radical (unpaired) electrons. The van der Waals surface area contributed by atoms with Gasteiger partial charge in [0.05, 0.1) is 12.8 Å². The Kier molecular flexibility index (Phi) is 4.68. The Bertz CT molecular complexity index is 690. The van der Waals surface area contributed by atoms with Crippen LogP contribution in [0, 0.1) is 0 Å². The number of hydrogen-bond donors (Lipinski definition) is 0. The Hall–Kier alpha value is -2.95. The van der Waals surface area contributed by atoms with Crippen LogP contribution in [0.4, 0.5) is 5.69 Å². The first-order valence-electron chi connectivity index (χ1n) is 6.60. The molecule has 0 bridgehead atoms. The van der Waals surface area contributed by atoms with Crippen LogP contribution in [0.1, 0.15) is 27.6 Å². The van der Waals surface area contributed by atoms with Crippen molar-refractivity contribution in [2.75, 3.05) is 12.0 Å². The molecule has 0 aliphatic carbocycles. The summed E-state index contributed by atoms with van der Waals surface area (Å²) in [4.78, 5) is 35.9. The van der Waals surface area contributed by atoms with E-state index in [4.69, 9.17) is 4.74 Å². The fourth-order valence-electron chi connectivity index (χ4n) is 1.96. The first-order chi connectivity index (χ1) is 10.6. The molecule has 2 aromatic carbocycles. The second-order valence-electron chi connectivity index (χ2n) is 4.61. The van der Waals surface area contributed by atoms with Crippen molar-refractivity contribution in [3.8, 4) is 5.75 Å². The average molecular weight is 297 g/mol. The summed E-state index contributed by atoms with van der Waals surface area (Å²) in [6.07, 6.45) is 0.461. The number of imide groups is 1. The minimum Gasteiger partial charge on any atom is -0.497 e. The van der Waals surface area contributed by atoms with Gasteiger partial charge in [-0.15, -0.1) is 0 Å². The van der Waals surface area contributed by atoms with Crippen LogP contribution in [0.5, 0.6) is 5.75 Å². The van der Waals surface area contributed by atoms with Crippen molar-refractivity contribution in [3.63, 3.8) is 0 Å². The van der Waals surface area contributed by atoms with E-state index in [1.54, 1.807) is 36.4 Å². The van der Waals surface area contributed by atoms with Gasteiger partial charge in [0.15, 0.2) is 5.78 Å². The highest BCUT2D eigenvalue weighted by Gasteiger charge is 2.17. The first-order valence-corrected chi connectivity index (χ1v) is 6.60. The number of benzene rings is 2. The van der Waals surface area contributed by atoms with E-state index in [1.165, 1.54) is 26.2 Å². The summed E-state index contributed by atoms with van der Waals surface area (Å²) in [5.41, 5.74) is 1.28. The highest BCUT2D eigenvalue weighted by molar-refractivity contribution is 6.15. The highest BCUT2D eigenvalue weighted by atomic mass is 16.5. The van der Waals surface area contributed by atoms with E-state index in [2.05, 4.69) is 0 Å². The molecule has 0 fully saturated rings. The number of Topliss-reactive ketones (excluding diaryl/α,β-unsaturated/α-hetero) is 1. The molecule has 0 atom stereocenters. The SMILES string of the molecule is COc1ccc(N(C=O)C(=O)c2ccc(C(C)=O)cc2)cc1. The van der Waals surface area contributed by atoms with Crippen molar-refractivity contribution in [1.82, 2.24) is 0 Å². The molecule has 0 unspecified atom stereocenters. The van der Waals surface area contributed by atoms with Gasteiger partial charge in [-0.1, -0.05) is 12.1 Å². The molecule has 0 saturated carbocycles. The smallest absolute Gasteiger partial charge is 0.264 e. The number of nitrogens with zero attached hydrogens (tertiary/aromatic N) is 1. The topological polar surface area (TPSA) is 63.7 Å². The zero-order valence-electron chi connectivity index (χ0n) is 12.3. The average Bonchev–Trinajstić information content (AvgIpc) is 2.56. The van der Waals surface area contributed by atoms with E-state index < -0.39 is 5.91 Å². The Labute approximate surface area is 128 Å². The Morgan fingerprint density at radius 2 is 1.50 bits per heavy atom. The van der Waals surface area contributed by atoms with Gasteiger partial charge in [0, 0.05) is 11.1 Å². The van der Waals surface area contributed by atoms with Crippen molar-refractivity contribution >= 4 is 23.8 Å². The van der Waals surface area contributed by atoms with Crippen LogP contribution < -0.4 is 9.64 Å². The third-order valence-electron chi connectivity index (χ3n) is 3.21. The number of carbonyl (C=O) groups is 3. The summed E-state index contributed by atoms with van der Waals surface area (Å²) in [6.45, 7) is 1.45. The van der Waals surface area contributed by atoms with Crippen LogP contribution in [0.2, 0.25) is 0 Å². The van der Waals surface area contributed by atoms with Gasteiger partial charge < -0.3 is 4.74 Å². The summed E-state index contributed by atoms with van der Waals surface area (Å²) in [5, 5.41) is 0. The summed E-state index contributed by atoms with van der Waals surface area (Å²) < 4.78 is 5.04. The summed E-state index contributed by atoms with van der Waals surface area (Å²) in [5.74, 6) is 0.0875. The van der Waals surface area contributed by atoms with Gasteiger partial charge in [-0.3, -0.25) is 14.4 Å². The summed E-state index contributed by atoms with van der Waals surface area (Å²) >= 11 is 0. The Balaban J connectivity index is 2.27. The summed E-state index contributed by atoms with van der Waals surface area (Å²) in [7, 11) is 1.54. The molecule has 5 heteroatoms. The van der Waals surface area contributed by atoms with Gasteiger partial charge in [0.2, 0.25) is 6.41 Å². The van der Waals surface area contributed by atoms with E-state index in [0.717, 1.165) is 4.90 Å². The van der Waals surface area contributed by atoms with Crippen molar-refractivity contribution in [2.24, 2.45) is 0 Å². The van der Waals surface area contributed by atoms with Gasteiger partial charge >= 0.3 is 0 Å². The standard InChI is InChI=1S/C17H15NO4/c1-12(20)13-3-5-14(6-4-13)17(21)18(11-19)15-7-9-16(22-2)10-8-15/h3-11H,1-2H3. The fraction of sp³-hybridized carbons (Fsp3) is 0.118. The predicted molar refractivity (Wildman–Crippen MR) is 82.3 cm³/mol. The van der Waals surface area contributed by atoms with Gasteiger partial charge in [-0.2, -0.15) is 0 Å². The lowest BCUT2D eigenvalue weighted by Gasteiger charge is -2.16. The molecule has 22 heavy (non-hydrogen) atoms. The second-order valence-corrected chi connectivity index (χ2v) is 4.61. The normalized spacial score (nSPS) is 9.91. The molecule has 2 aromatic rings. The zero-order valence-corrected chi connectivity index (χ0v) is 12.3. The van der Waals surface area contributed by atoms with Gasteiger partial charge in [0.1, 0.15) is 5.75 Å². The van der Waals surface area contributed by atoms with Crippen molar-refractivity contribution < 1.29 is 19.1 Å². The highest BCUT2D eigenvalue weighted by Crippen LogP contribution is 2.20. The van der Waals surface area contributed by atoms with Gasteiger partial charge in [-0.25, -0.2) is 4.90 Å². The number of carbonyl (C=O) groups excluding carboxylic acids is 3. The van der Waals surface area contributed by atoms with E-state index in [-0.39, 0.29) is 5.78 Å². The molecule has 5 nitrogen and oxygen atoms in total. The zero-order chi connectivity index (χ0) is 16.1. The van der Waals surface area contributed by atoms with Gasteiger partial charge in [-0.05, 0) is 43.3 Å². The predicted octanol–water partition coefficient (Wildman–Crippen LogP) is 2.70. The van der Waals surface area contributed by atoms with E-state index in [0.29, 0.717) is 29.0 Å². The molecule has 0 spiro atoms. The molecule has 0 heterocycles. The fourth-order valence-corrected chi connectivity index (χ4v) is 1.96. The monoisotopic (exact) mass is 297 g/mol. The Morgan fingerprint density at radius 1 is 0.955 bits per heavy atom.